The molecule has 0 saturated carbocycles. The number of benzene rings is 1. The van der Waals surface area contributed by atoms with Crippen LogP contribution in [0.1, 0.15) is 16.8 Å². The van der Waals surface area contributed by atoms with E-state index >= 15 is 0 Å². The Kier molecular flexibility index (Phi) is 5.55. The first-order chi connectivity index (χ1) is 7.65. The summed E-state index contributed by atoms with van der Waals surface area (Å²) in [4.78, 5) is 16.0. The lowest BCUT2D eigenvalue weighted by Gasteiger charge is -2.05. The summed E-state index contributed by atoms with van der Waals surface area (Å²) in [5.41, 5.74) is 0.475. The number of carbonyl (C=O) groups is 1. The Balaban J connectivity index is 2.50. The van der Waals surface area contributed by atoms with Gasteiger partial charge in [0, 0.05) is 12.1 Å². The van der Waals surface area contributed by atoms with Gasteiger partial charge in [-0.3, -0.25) is 4.79 Å². The van der Waals surface area contributed by atoms with Crippen LogP contribution in [0.5, 0.6) is 0 Å². The lowest BCUT2D eigenvalue weighted by molar-refractivity contribution is 0.0941. The Morgan fingerprint density at radius 2 is 2.12 bits per heavy atom. The molecule has 0 aliphatic carbocycles. The molecule has 0 aromatic heterocycles. The third-order valence-electron chi connectivity index (χ3n) is 1.91. The van der Waals surface area contributed by atoms with Gasteiger partial charge in [0.05, 0.1) is 16.7 Å². The van der Waals surface area contributed by atoms with E-state index in [0.717, 1.165) is 0 Å². The Labute approximate surface area is 104 Å². The summed E-state index contributed by atoms with van der Waals surface area (Å²) < 4.78 is 0. The van der Waals surface area contributed by atoms with Gasteiger partial charge >= 0.3 is 0 Å². The molecule has 0 atom stereocenters. The number of amides is 1. The fourth-order valence-corrected chi connectivity index (χ4v) is 1.39. The van der Waals surface area contributed by atoms with Gasteiger partial charge in [0.2, 0.25) is 0 Å². The average Bonchev–Trinajstić information content (AvgIpc) is 2.28. The van der Waals surface area contributed by atoms with Crippen molar-refractivity contribution in [1.82, 2.24) is 5.32 Å². The maximum absolute atomic E-state index is 11.6. The van der Waals surface area contributed by atoms with Crippen LogP contribution in [-0.4, -0.2) is 19.1 Å². The number of nitrogens with one attached hydrogen (secondary N) is 1. The summed E-state index contributed by atoms with van der Waals surface area (Å²) in [6.07, 6.45) is 0.656. The first kappa shape index (κ1) is 13.3. The molecule has 0 aliphatic rings. The number of carbonyl (C=O) groups excluding carboxylic acids is 1. The zero-order chi connectivity index (χ0) is 12.0. The molecule has 3 N–H and O–H groups in total. The van der Waals surface area contributed by atoms with Crippen LogP contribution in [-0.2, 0) is 4.84 Å². The third kappa shape index (κ3) is 3.98. The molecule has 1 amide bonds. The van der Waals surface area contributed by atoms with Gasteiger partial charge in [0.1, 0.15) is 0 Å². The van der Waals surface area contributed by atoms with Crippen molar-refractivity contribution in [3.8, 4) is 0 Å². The second-order valence-electron chi connectivity index (χ2n) is 3.11. The molecule has 6 heteroatoms. The quantitative estimate of drug-likeness (QED) is 0.630. The molecule has 0 bridgehead atoms. The predicted octanol–water partition coefficient (Wildman–Crippen LogP) is 2.00. The fraction of sp³-hybridized carbons (Fsp3) is 0.300. The summed E-state index contributed by atoms with van der Waals surface area (Å²) in [6.45, 7) is 0.901. The minimum Gasteiger partial charge on any atom is -0.352 e. The molecular weight excluding hydrogens is 251 g/mol. The number of hydrogen-bond donors (Lipinski definition) is 2. The standard InChI is InChI=1S/C10H12Cl2N2O2/c11-8-3-2-7(6-9(8)12)10(15)14-4-1-5-16-13/h2-3,6H,1,4-5,13H2,(H,14,15). The first-order valence-electron chi connectivity index (χ1n) is 4.70. The molecule has 0 heterocycles. The van der Waals surface area contributed by atoms with Crippen LogP contribution in [0.25, 0.3) is 0 Å². The maximum atomic E-state index is 11.6. The molecule has 0 fully saturated rings. The summed E-state index contributed by atoms with van der Waals surface area (Å²) >= 11 is 11.5. The van der Waals surface area contributed by atoms with Crippen LogP contribution in [0.2, 0.25) is 10.0 Å². The second kappa shape index (κ2) is 6.70. The number of rotatable bonds is 5. The number of nitrogens with two attached hydrogens (primary N) is 1. The molecule has 1 aromatic rings. The summed E-state index contributed by atoms with van der Waals surface area (Å²) in [6, 6.07) is 4.73. The Hall–Kier alpha value is -0.810. The minimum atomic E-state index is -0.199. The Morgan fingerprint density at radius 1 is 1.38 bits per heavy atom. The van der Waals surface area contributed by atoms with Gasteiger partial charge < -0.3 is 10.2 Å². The molecule has 4 nitrogen and oxygen atoms in total. The summed E-state index contributed by atoms with van der Waals surface area (Å²) in [5, 5.41) is 3.49. The second-order valence-corrected chi connectivity index (χ2v) is 3.92. The van der Waals surface area contributed by atoms with Gasteiger partial charge in [-0.2, -0.15) is 0 Å². The molecule has 16 heavy (non-hydrogen) atoms. The first-order valence-corrected chi connectivity index (χ1v) is 5.45. The zero-order valence-corrected chi connectivity index (χ0v) is 10.0. The fourth-order valence-electron chi connectivity index (χ4n) is 1.10. The van der Waals surface area contributed by atoms with E-state index in [0.29, 0.717) is 35.2 Å². The van der Waals surface area contributed by atoms with Crippen molar-refractivity contribution in [3.05, 3.63) is 33.8 Å². The van der Waals surface area contributed by atoms with E-state index in [1.807, 2.05) is 0 Å². The predicted molar refractivity (Wildman–Crippen MR) is 63.6 cm³/mol. The van der Waals surface area contributed by atoms with E-state index in [-0.39, 0.29) is 5.91 Å². The van der Waals surface area contributed by atoms with Crippen LogP contribution in [0.15, 0.2) is 18.2 Å². The summed E-state index contributed by atoms with van der Waals surface area (Å²) in [5.74, 6) is 4.65. The topological polar surface area (TPSA) is 64.3 Å². The Morgan fingerprint density at radius 3 is 2.75 bits per heavy atom. The molecule has 1 aromatic carbocycles. The highest BCUT2D eigenvalue weighted by Gasteiger charge is 2.06. The molecule has 88 valence electrons. The monoisotopic (exact) mass is 262 g/mol. The van der Waals surface area contributed by atoms with Gasteiger partial charge in [-0.05, 0) is 24.6 Å². The lowest BCUT2D eigenvalue weighted by Crippen LogP contribution is -2.25. The highest BCUT2D eigenvalue weighted by Crippen LogP contribution is 2.22. The van der Waals surface area contributed by atoms with E-state index < -0.39 is 0 Å². The minimum absolute atomic E-state index is 0.199. The maximum Gasteiger partial charge on any atom is 0.251 e. The van der Waals surface area contributed by atoms with Crippen LogP contribution in [0.3, 0.4) is 0 Å². The molecule has 0 spiro atoms. The van der Waals surface area contributed by atoms with Gasteiger partial charge in [-0.1, -0.05) is 23.2 Å². The van der Waals surface area contributed by atoms with Crippen molar-refractivity contribution in [2.24, 2.45) is 5.90 Å². The van der Waals surface area contributed by atoms with E-state index in [1.165, 1.54) is 6.07 Å². The van der Waals surface area contributed by atoms with Gasteiger partial charge in [-0.15, -0.1) is 0 Å². The molecule has 0 radical (unpaired) electrons. The van der Waals surface area contributed by atoms with Gasteiger partial charge in [0.15, 0.2) is 0 Å². The van der Waals surface area contributed by atoms with E-state index in [4.69, 9.17) is 29.1 Å². The van der Waals surface area contributed by atoms with Crippen molar-refractivity contribution in [1.29, 1.82) is 0 Å². The molecule has 0 unspecified atom stereocenters. The normalized spacial score (nSPS) is 10.2. The smallest absolute Gasteiger partial charge is 0.251 e. The van der Waals surface area contributed by atoms with Crippen molar-refractivity contribution in [3.63, 3.8) is 0 Å². The Bertz CT molecular complexity index is 372. The molecule has 1 rings (SSSR count). The largest absolute Gasteiger partial charge is 0.352 e. The van der Waals surface area contributed by atoms with E-state index in [1.54, 1.807) is 12.1 Å². The molecule has 0 aliphatic heterocycles. The van der Waals surface area contributed by atoms with E-state index in [9.17, 15) is 4.79 Å². The van der Waals surface area contributed by atoms with Crippen LogP contribution < -0.4 is 11.2 Å². The van der Waals surface area contributed by atoms with Gasteiger partial charge in [0.25, 0.3) is 5.91 Å². The highest BCUT2D eigenvalue weighted by atomic mass is 35.5. The number of hydrogen-bond acceptors (Lipinski definition) is 3. The van der Waals surface area contributed by atoms with Crippen molar-refractivity contribution in [2.75, 3.05) is 13.2 Å². The van der Waals surface area contributed by atoms with Crippen molar-refractivity contribution >= 4 is 29.1 Å². The zero-order valence-electron chi connectivity index (χ0n) is 8.50. The third-order valence-corrected chi connectivity index (χ3v) is 2.65. The average molecular weight is 263 g/mol. The van der Waals surface area contributed by atoms with Crippen LogP contribution in [0.4, 0.5) is 0 Å². The van der Waals surface area contributed by atoms with Gasteiger partial charge in [-0.25, -0.2) is 5.90 Å². The summed E-state index contributed by atoms with van der Waals surface area (Å²) in [7, 11) is 0. The van der Waals surface area contributed by atoms with Crippen LogP contribution >= 0.6 is 23.2 Å². The van der Waals surface area contributed by atoms with Crippen LogP contribution in [0, 0.1) is 0 Å². The molecular formula is C10H12Cl2N2O2. The highest BCUT2D eigenvalue weighted by molar-refractivity contribution is 6.42. The number of halogens is 2. The van der Waals surface area contributed by atoms with Crippen molar-refractivity contribution < 1.29 is 9.63 Å². The lowest BCUT2D eigenvalue weighted by atomic mass is 10.2. The SMILES string of the molecule is NOCCCNC(=O)c1ccc(Cl)c(Cl)c1. The molecule has 0 saturated heterocycles. The van der Waals surface area contributed by atoms with Crippen molar-refractivity contribution in [2.45, 2.75) is 6.42 Å². The van der Waals surface area contributed by atoms with E-state index in [2.05, 4.69) is 10.2 Å².